The predicted molar refractivity (Wildman–Crippen MR) is 59.6 cm³/mol. The van der Waals surface area contributed by atoms with Crippen LogP contribution in [0.5, 0.6) is 0 Å². The number of hydrogen-bond donors (Lipinski definition) is 1. The number of nitrogens with zero attached hydrogens (tertiary/aromatic N) is 1. The highest BCUT2D eigenvalue weighted by Gasteiger charge is 2.22. The van der Waals surface area contributed by atoms with Crippen molar-refractivity contribution in [2.75, 3.05) is 0 Å². The van der Waals surface area contributed by atoms with Gasteiger partial charge in [0.2, 0.25) is 0 Å². The van der Waals surface area contributed by atoms with E-state index >= 15 is 0 Å². The van der Waals surface area contributed by atoms with Crippen molar-refractivity contribution in [2.45, 2.75) is 38.8 Å². The van der Waals surface area contributed by atoms with Gasteiger partial charge in [0.25, 0.3) is 0 Å². The Morgan fingerprint density at radius 1 is 1.67 bits per heavy atom. The van der Waals surface area contributed by atoms with Crippen LogP contribution >= 0.6 is 11.3 Å². The molecule has 1 rings (SSSR count). The standard InChI is InChI=1S/C10H16N2O2S/c1-10(2,3)14-9(13)8(11)4-7-5-12-6-15-7/h5-6,8H,4,11H2,1-3H3/t8-/m1/s1. The van der Waals surface area contributed by atoms with Crippen LogP contribution in [0.3, 0.4) is 0 Å². The number of carbonyl (C=O) groups excluding carboxylic acids is 1. The summed E-state index contributed by atoms with van der Waals surface area (Å²) in [5.41, 5.74) is 6.96. The Bertz CT molecular complexity index is 317. The third-order valence-corrected chi connectivity index (χ3v) is 2.42. The van der Waals surface area contributed by atoms with E-state index in [1.54, 1.807) is 11.7 Å². The summed E-state index contributed by atoms with van der Waals surface area (Å²) in [4.78, 5) is 16.4. The van der Waals surface area contributed by atoms with Gasteiger partial charge in [-0.3, -0.25) is 9.78 Å². The topological polar surface area (TPSA) is 65.2 Å². The number of esters is 1. The summed E-state index contributed by atoms with van der Waals surface area (Å²) in [6.07, 6.45) is 2.20. The fourth-order valence-corrected chi connectivity index (χ4v) is 1.68. The number of aromatic nitrogens is 1. The second-order valence-corrected chi connectivity index (χ2v) is 5.28. The van der Waals surface area contributed by atoms with Gasteiger partial charge in [-0.1, -0.05) is 0 Å². The Morgan fingerprint density at radius 3 is 2.80 bits per heavy atom. The molecular formula is C10H16N2O2S. The van der Waals surface area contributed by atoms with Crippen LogP contribution < -0.4 is 5.73 Å². The quantitative estimate of drug-likeness (QED) is 0.793. The molecule has 84 valence electrons. The van der Waals surface area contributed by atoms with E-state index in [-0.39, 0.29) is 5.97 Å². The van der Waals surface area contributed by atoms with Gasteiger partial charge in [0.15, 0.2) is 0 Å². The maximum atomic E-state index is 11.5. The van der Waals surface area contributed by atoms with Crippen molar-refractivity contribution < 1.29 is 9.53 Å². The predicted octanol–water partition coefficient (Wildman–Crippen LogP) is 1.35. The summed E-state index contributed by atoms with van der Waals surface area (Å²) in [7, 11) is 0. The lowest BCUT2D eigenvalue weighted by atomic mass is 10.1. The highest BCUT2D eigenvalue weighted by molar-refractivity contribution is 7.09. The summed E-state index contributed by atoms with van der Waals surface area (Å²) >= 11 is 1.49. The van der Waals surface area contributed by atoms with Crippen molar-refractivity contribution in [2.24, 2.45) is 5.73 Å². The van der Waals surface area contributed by atoms with Crippen LogP contribution in [0.25, 0.3) is 0 Å². The van der Waals surface area contributed by atoms with E-state index < -0.39 is 11.6 Å². The molecular weight excluding hydrogens is 212 g/mol. The molecule has 0 saturated carbocycles. The number of carbonyl (C=O) groups is 1. The smallest absolute Gasteiger partial charge is 0.323 e. The molecule has 0 aliphatic rings. The zero-order valence-corrected chi connectivity index (χ0v) is 10.0. The molecule has 0 aliphatic heterocycles. The minimum atomic E-state index is -0.607. The molecule has 1 aromatic heterocycles. The molecule has 0 radical (unpaired) electrons. The van der Waals surface area contributed by atoms with Crippen LogP contribution in [0.2, 0.25) is 0 Å². The molecule has 0 aromatic carbocycles. The van der Waals surface area contributed by atoms with Gasteiger partial charge in [0.05, 0.1) is 5.51 Å². The Labute approximate surface area is 93.5 Å². The van der Waals surface area contributed by atoms with E-state index in [4.69, 9.17) is 10.5 Å². The van der Waals surface area contributed by atoms with E-state index in [2.05, 4.69) is 4.98 Å². The Hall–Kier alpha value is -0.940. The molecule has 1 atom stereocenters. The monoisotopic (exact) mass is 228 g/mol. The highest BCUT2D eigenvalue weighted by atomic mass is 32.1. The fraction of sp³-hybridized carbons (Fsp3) is 0.600. The molecule has 1 aromatic rings. The minimum Gasteiger partial charge on any atom is -0.459 e. The lowest BCUT2D eigenvalue weighted by Crippen LogP contribution is -2.38. The van der Waals surface area contributed by atoms with Crippen molar-refractivity contribution in [1.82, 2.24) is 4.98 Å². The zero-order valence-electron chi connectivity index (χ0n) is 9.19. The van der Waals surface area contributed by atoms with Gasteiger partial charge < -0.3 is 10.5 Å². The Kier molecular flexibility index (Phi) is 3.82. The summed E-state index contributed by atoms with van der Waals surface area (Å²) in [6, 6.07) is -0.607. The van der Waals surface area contributed by atoms with Crippen molar-refractivity contribution in [3.8, 4) is 0 Å². The van der Waals surface area contributed by atoms with Gasteiger partial charge in [-0.2, -0.15) is 0 Å². The molecule has 15 heavy (non-hydrogen) atoms. The summed E-state index contributed by atoms with van der Waals surface area (Å²) in [6.45, 7) is 5.47. The van der Waals surface area contributed by atoms with Gasteiger partial charge in [0, 0.05) is 17.5 Å². The first-order valence-corrected chi connectivity index (χ1v) is 5.62. The number of thiazole rings is 1. The van der Waals surface area contributed by atoms with E-state index in [1.807, 2.05) is 20.8 Å². The first-order chi connectivity index (χ1) is 6.88. The SMILES string of the molecule is CC(C)(C)OC(=O)[C@H](N)Cc1cncs1. The van der Waals surface area contributed by atoms with Crippen molar-refractivity contribution in [1.29, 1.82) is 0 Å². The van der Waals surface area contributed by atoms with Crippen LogP contribution in [0, 0.1) is 0 Å². The van der Waals surface area contributed by atoms with Gasteiger partial charge in [-0.15, -0.1) is 11.3 Å². The molecule has 4 nitrogen and oxygen atoms in total. The van der Waals surface area contributed by atoms with Crippen LogP contribution in [0.4, 0.5) is 0 Å². The number of nitrogens with two attached hydrogens (primary N) is 1. The van der Waals surface area contributed by atoms with Crippen molar-refractivity contribution >= 4 is 17.3 Å². The molecule has 0 spiro atoms. The average molecular weight is 228 g/mol. The second-order valence-electron chi connectivity index (χ2n) is 4.31. The normalized spacial score (nSPS) is 13.6. The average Bonchev–Trinajstić information content (AvgIpc) is 2.53. The van der Waals surface area contributed by atoms with Gasteiger partial charge >= 0.3 is 5.97 Å². The summed E-state index contributed by atoms with van der Waals surface area (Å²) < 4.78 is 5.17. The Balaban J connectivity index is 2.47. The number of rotatable bonds is 3. The molecule has 2 N–H and O–H groups in total. The van der Waals surface area contributed by atoms with Crippen LogP contribution in [-0.2, 0) is 16.0 Å². The number of ether oxygens (including phenoxy) is 1. The molecule has 5 heteroatoms. The third kappa shape index (κ3) is 4.40. The van der Waals surface area contributed by atoms with E-state index in [0.717, 1.165) is 4.88 Å². The first-order valence-electron chi connectivity index (χ1n) is 4.74. The van der Waals surface area contributed by atoms with Gasteiger partial charge in [-0.25, -0.2) is 0 Å². The summed E-state index contributed by atoms with van der Waals surface area (Å²) in [5, 5.41) is 0. The van der Waals surface area contributed by atoms with Crippen LogP contribution in [0.15, 0.2) is 11.7 Å². The minimum absolute atomic E-state index is 0.365. The van der Waals surface area contributed by atoms with Gasteiger partial charge in [0.1, 0.15) is 11.6 Å². The maximum absolute atomic E-state index is 11.5. The largest absolute Gasteiger partial charge is 0.459 e. The van der Waals surface area contributed by atoms with Gasteiger partial charge in [-0.05, 0) is 20.8 Å². The molecule has 0 unspecified atom stereocenters. The van der Waals surface area contributed by atoms with E-state index in [1.165, 1.54) is 11.3 Å². The third-order valence-electron chi connectivity index (χ3n) is 1.61. The van der Waals surface area contributed by atoms with Crippen molar-refractivity contribution in [3.63, 3.8) is 0 Å². The number of hydrogen-bond acceptors (Lipinski definition) is 5. The maximum Gasteiger partial charge on any atom is 0.323 e. The lowest BCUT2D eigenvalue weighted by molar-refractivity contribution is -0.156. The molecule has 0 fully saturated rings. The Morgan fingerprint density at radius 2 is 2.33 bits per heavy atom. The molecule has 0 aliphatic carbocycles. The molecule has 0 saturated heterocycles. The molecule has 0 bridgehead atoms. The summed E-state index contributed by atoms with van der Waals surface area (Å²) in [5.74, 6) is -0.365. The molecule has 0 amide bonds. The molecule has 1 heterocycles. The fourth-order valence-electron chi connectivity index (χ4n) is 1.02. The van der Waals surface area contributed by atoms with E-state index in [0.29, 0.717) is 6.42 Å². The van der Waals surface area contributed by atoms with Crippen molar-refractivity contribution in [3.05, 3.63) is 16.6 Å². The zero-order chi connectivity index (χ0) is 11.5. The van der Waals surface area contributed by atoms with Crippen LogP contribution in [0.1, 0.15) is 25.6 Å². The lowest BCUT2D eigenvalue weighted by Gasteiger charge is -2.21. The second kappa shape index (κ2) is 4.72. The van der Waals surface area contributed by atoms with Crippen LogP contribution in [-0.4, -0.2) is 22.6 Å². The first kappa shape index (κ1) is 12.1. The van der Waals surface area contributed by atoms with E-state index in [9.17, 15) is 4.79 Å². The highest BCUT2D eigenvalue weighted by Crippen LogP contribution is 2.12.